The van der Waals surface area contributed by atoms with E-state index < -0.39 is 24.6 Å². The Kier molecular flexibility index (Phi) is 3.13. The van der Waals surface area contributed by atoms with Crippen molar-refractivity contribution in [2.75, 3.05) is 0 Å². The number of H-pyrrole nitrogens is 1. The lowest BCUT2D eigenvalue weighted by atomic mass is 10.1. The Balaban J connectivity index is 2.24. The minimum atomic E-state index is -4.34. The van der Waals surface area contributed by atoms with E-state index >= 15 is 0 Å². The summed E-state index contributed by atoms with van der Waals surface area (Å²) < 4.78 is 38.1. The molecule has 3 rings (SSSR count). The van der Waals surface area contributed by atoms with Gasteiger partial charge in [-0.15, -0.1) is 0 Å². The van der Waals surface area contributed by atoms with Gasteiger partial charge in [-0.1, -0.05) is 12.1 Å². The van der Waals surface area contributed by atoms with Gasteiger partial charge >= 0.3 is 6.18 Å². The Morgan fingerprint density at radius 2 is 2.05 bits per heavy atom. The first-order valence-corrected chi connectivity index (χ1v) is 6.40. The zero-order valence-electron chi connectivity index (χ0n) is 11.1. The molecule has 0 saturated heterocycles. The first-order valence-electron chi connectivity index (χ1n) is 6.40. The molecule has 22 heavy (non-hydrogen) atoms. The second kappa shape index (κ2) is 4.87. The molecule has 3 aromatic rings. The van der Waals surface area contributed by atoms with Gasteiger partial charge in [0.25, 0.3) is 5.56 Å². The number of alkyl halides is 3. The molecular weight excluding hydrogens is 297 g/mol. The summed E-state index contributed by atoms with van der Waals surface area (Å²) in [7, 11) is 0. The largest absolute Gasteiger partial charge is 0.389 e. The van der Waals surface area contributed by atoms with Crippen molar-refractivity contribution < 1.29 is 13.2 Å². The number of nitrogens with zero attached hydrogens (tertiary/aromatic N) is 3. The van der Waals surface area contributed by atoms with Gasteiger partial charge in [-0.25, -0.2) is 4.98 Å². The average Bonchev–Trinajstić information content (AvgIpc) is 2.82. The predicted molar refractivity (Wildman–Crippen MR) is 72.4 cm³/mol. The molecule has 0 bridgehead atoms. The second-order valence-corrected chi connectivity index (χ2v) is 4.79. The van der Waals surface area contributed by atoms with Crippen molar-refractivity contribution in [1.82, 2.24) is 14.6 Å². The topological polar surface area (TPSA) is 73.9 Å². The lowest BCUT2D eigenvalue weighted by Gasteiger charge is -2.03. The van der Waals surface area contributed by atoms with Crippen LogP contribution in [0.3, 0.4) is 0 Å². The summed E-state index contributed by atoms with van der Waals surface area (Å²) in [4.78, 5) is 16.5. The minimum absolute atomic E-state index is 0.0351. The fourth-order valence-electron chi connectivity index (χ4n) is 2.30. The summed E-state index contributed by atoms with van der Waals surface area (Å²) in [5, 5.41) is 12.1. The summed E-state index contributed by atoms with van der Waals surface area (Å²) in [6.45, 7) is 0. The molecule has 0 saturated carbocycles. The van der Waals surface area contributed by atoms with E-state index in [1.54, 1.807) is 24.3 Å². The quantitative estimate of drug-likeness (QED) is 0.790. The Labute approximate surface area is 121 Å². The molecular formula is C14H9F3N4O. The van der Waals surface area contributed by atoms with Crippen LogP contribution in [-0.2, 0) is 6.42 Å². The number of aromatic nitrogens is 3. The Bertz CT molecular complexity index is 962. The highest BCUT2D eigenvalue weighted by Gasteiger charge is 2.28. The van der Waals surface area contributed by atoms with Crippen LogP contribution in [0.4, 0.5) is 13.2 Å². The Hall–Kier alpha value is -2.82. The zero-order chi connectivity index (χ0) is 15.9. The monoisotopic (exact) mass is 306 g/mol. The second-order valence-electron chi connectivity index (χ2n) is 4.79. The van der Waals surface area contributed by atoms with Crippen LogP contribution in [0.2, 0.25) is 0 Å². The van der Waals surface area contributed by atoms with Crippen LogP contribution in [0.15, 0.2) is 29.1 Å². The van der Waals surface area contributed by atoms with Gasteiger partial charge in [-0.05, 0) is 18.6 Å². The molecule has 2 aromatic heterocycles. The summed E-state index contributed by atoms with van der Waals surface area (Å²) in [6.07, 6.45) is -5.83. The van der Waals surface area contributed by atoms with Crippen LogP contribution >= 0.6 is 0 Å². The number of rotatable bonds is 2. The van der Waals surface area contributed by atoms with Crippen LogP contribution in [-0.4, -0.2) is 20.8 Å². The van der Waals surface area contributed by atoms with Crippen molar-refractivity contribution in [3.05, 3.63) is 45.9 Å². The van der Waals surface area contributed by atoms with E-state index in [2.05, 4.69) is 10.1 Å². The molecule has 8 heteroatoms. The number of aromatic amines is 1. The van der Waals surface area contributed by atoms with Gasteiger partial charge in [0.05, 0.1) is 16.6 Å². The Morgan fingerprint density at radius 3 is 2.73 bits per heavy atom. The summed E-state index contributed by atoms with van der Waals surface area (Å²) in [6, 6.07) is 8.36. The van der Waals surface area contributed by atoms with Gasteiger partial charge in [0.15, 0.2) is 5.65 Å². The maximum Gasteiger partial charge on any atom is 0.389 e. The number of nitriles is 1. The van der Waals surface area contributed by atoms with Gasteiger partial charge in [0.1, 0.15) is 11.6 Å². The number of halogens is 3. The van der Waals surface area contributed by atoms with E-state index in [0.29, 0.717) is 10.9 Å². The SMILES string of the molecule is N#Cc1c(CCC(F)(F)F)[nH]n2c(=O)c3ccccc3nc12. The molecule has 0 radical (unpaired) electrons. The first-order chi connectivity index (χ1) is 10.4. The minimum Gasteiger partial charge on any atom is -0.292 e. The van der Waals surface area contributed by atoms with Gasteiger partial charge in [-0.2, -0.15) is 22.9 Å². The van der Waals surface area contributed by atoms with Gasteiger partial charge in [-0.3, -0.25) is 9.89 Å². The van der Waals surface area contributed by atoms with E-state index in [1.807, 2.05) is 6.07 Å². The van der Waals surface area contributed by atoms with Crippen molar-refractivity contribution >= 4 is 16.6 Å². The summed E-state index contributed by atoms with van der Waals surface area (Å²) in [5.74, 6) is 0. The van der Waals surface area contributed by atoms with Crippen molar-refractivity contribution in [2.45, 2.75) is 19.0 Å². The van der Waals surface area contributed by atoms with Crippen LogP contribution in [0, 0.1) is 11.3 Å². The molecule has 0 aliphatic heterocycles. The third kappa shape index (κ3) is 2.30. The molecule has 1 N–H and O–H groups in total. The molecule has 0 spiro atoms. The number of hydrogen-bond acceptors (Lipinski definition) is 3. The molecule has 112 valence electrons. The van der Waals surface area contributed by atoms with E-state index in [0.717, 1.165) is 4.52 Å². The maximum atomic E-state index is 12.4. The predicted octanol–water partition coefficient (Wildman–Crippen LogP) is 2.54. The third-order valence-corrected chi connectivity index (χ3v) is 3.32. The number of nitrogens with one attached hydrogen (secondary N) is 1. The van der Waals surface area contributed by atoms with Crippen molar-refractivity contribution in [3.8, 4) is 6.07 Å². The van der Waals surface area contributed by atoms with E-state index in [9.17, 15) is 23.2 Å². The van der Waals surface area contributed by atoms with Crippen molar-refractivity contribution in [3.63, 3.8) is 0 Å². The summed E-state index contributed by atoms with van der Waals surface area (Å²) in [5.41, 5.74) is 0.0101. The normalized spacial score (nSPS) is 11.9. The number of hydrogen-bond donors (Lipinski definition) is 1. The molecule has 0 aliphatic rings. The standard InChI is InChI=1S/C14H9F3N4O/c15-14(16,17)6-5-11-9(7-18)12-19-10-4-2-1-3-8(10)13(22)21(12)20-11/h1-4,20H,5-6H2. The van der Waals surface area contributed by atoms with E-state index in [-0.39, 0.29) is 16.9 Å². The Morgan fingerprint density at radius 1 is 1.32 bits per heavy atom. The smallest absolute Gasteiger partial charge is 0.292 e. The van der Waals surface area contributed by atoms with Crippen LogP contribution in [0.1, 0.15) is 17.7 Å². The van der Waals surface area contributed by atoms with Crippen molar-refractivity contribution in [2.24, 2.45) is 0 Å². The number of aryl methyl sites for hydroxylation is 1. The lowest BCUT2D eigenvalue weighted by molar-refractivity contribution is -0.134. The third-order valence-electron chi connectivity index (χ3n) is 3.32. The number of para-hydroxylation sites is 1. The van der Waals surface area contributed by atoms with Crippen LogP contribution in [0.25, 0.3) is 16.6 Å². The highest BCUT2D eigenvalue weighted by atomic mass is 19.4. The zero-order valence-corrected chi connectivity index (χ0v) is 11.1. The number of benzene rings is 1. The van der Waals surface area contributed by atoms with Gasteiger partial charge < -0.3 is 0 Å². The molecule has 5 nitrogen and oxygen atoms in total. The fraction of sp³-hybridized carbons (Fsp3) is 0.214. The molecule has 0 unspecified atom stereocenters. The summed E-state index contributed by atoms with van der Waals surface area (Å²) >= 11 is 0. The van der Waals surface area contributed by atoms with E-state index in [4.69, 9.17) is 0 Å². The van der Waals surface area contributed by atoms with Gasteiger partial charge in [0, 0.05) is 6.42 Å². The lowest BCUT2D eigenvalue weighted by Crippen LogP contribution is -2.15. The van der Waals surface area contributed by atoms with E-state index in [1.165, 1.54) is 0 Å². The van der Waals surface area contributed by atoms with Crippen molar-refractivity contribution in [1.29, 1.82) is 5.26 Å². The fourth-order valence-corrected chi connectivity index (χ4v) is 2.30. The number of fused-ring (bicyclic) bond motifs is 2. The maximum absolute atomic E-state index is 12.4. The van der Waals surface area contributed by atoms with Crippen LogP contribution in [0.5, 0.6) is 0 Å². The van der Waals surface area contributed by atoms with Crippen LogP contribution < -0.4 is 5.56 Å². The average molecular weight is 306 g/mol. The highest BCUT2D eigenvalue weighted by molar-refractivity contribution is 5.80. The molecule has 0 aliphatic carbocycles. The highest BCUT2D eigenvalue weighted by Crippen LogP contribution is 2.24. The molecule has 0 fully saturated rings. The molecule has 0 amide bonds. The van der Waals surface area contributed by atoms with Gasteiger partial charge in [0.2, 0.25) is 0 Å². The first kappa shape index (κ1) is 14.1. The molecule has 0 atom stereocenters. The molecule has 1 aromatic carbocycles. The molecule has 2 heterocycles.